The lowest BCUT2D eigenvalue weighted by Crippen LogP contribution is -2.00. The van der Waals surface area contributed by atoms with Crippen LogP contribution < -0.4 is 0 Å². The summed E-state index contributed by atoms with van der Waals surface area (Å²) in [5.41, 5.74) is 9.77. The van der Waals surface area contributed by atoms with E-state index in [-0.39, 0.29) is 0 Å². The monoisotopic (exact) mass is 643 g/mol. The molecule has 230 valence electrons. The second-order valence-electron chi connectivity index (χ2n) is 12.1. The molecule has 0 saturated carbocycles. The van der Waals surface area contributed by atoms with Crippen LogP contribution in [0, 0.1) is 0 Å². The third kappa shape index (κ3) is 5.58. The minimum absolute atomic E-state index is 0.643. The molecule has 3 nitrogen and oxygen atoms in total. The molecule has 0 unspecified atom stereocenters. The number of fused-ring (bicyclic) bond motifs is 3. The van der Waals surface area contributed by atoms with Crippen molar-refractivity contribution in [1.29, 1.82) is 0 Å². The van der Waals surface area contributed by atoms with Gasteiger partial charge in [-0.25, -0.2) is 15.0 Å². The Kier molecular flexibility index (Phi) is 7.34. The SMILES string of the molecule is c1ccc(-c2ccc(-c3nc(-c4cccc(-c5ccccc5)c4)nc(-c4cc(-c5ccccc5)cc5c4sc4ccccc45)n3)cc2)cc1. The summed E-state index contributed by atoms with van der Waals surface area (Å²) >= 11 is 1.79. The topological polar surface area (TPSA) is 38.7 Å². The molecule has 0 radical (unpaired) electrons. The van der Waals surface area contributed by atoms with E-state index >= 15 is 0 Å². The fourth-order valence-corrected chi connectivity index (χ4v) is 7.65. The summed E-state index contributed by atoms with van der Waals surface area (Å²) in [5, 5.41) is 2.45. The zero-order chi connectivity index (χ0) is 32.6. The zero-order valence-electron chi connectivity index (χ0n) is 26.5. The van der Waals surface area contributed by atoms with Crippen LogP contribution in [0.4, 0.5) is 0 Å². The standard InChI is InChI=1S/C45H29N3S/c1-4-13-30(14-5-1)33-23-25-34(26-24-33)43-46-44(36-20-12-19-35(27-36)31-15-6-2-7-16-31)48-45(47-43)40-29-37(32-17-8-3-9-18-32)28-39-38-21-10-11-22-41(38)49-42(39)40/h1-29H. The van der Waals surface area contributed by atoms with Crippen molar-refractivity contribution in [2.24, 2.45) is 0 Å². The first kappa shape index (κ1) is 29.0. The molecule has 0 aliphatic carbocycles. The first-order chi connectivity index (χ1) is 24.3. The van der Waals surface area contributed by atoms with Crippen molar-refractivity contribution in [1.82, 2.24) is 15.0 Å². The van der Waals surface area contributed by atoms with Gasteiger partial charge in [-0.3, -0.25) is 0 Å². The molecule has 0 saturated heterocycles. The van der Waals surface area contributed by atoms with Crippen LogP contribution >= 0.6 is 11.3 Å². The molecular formula is C45H29N3S. The van der Waals surface area contributed by atoms with Crippen LogP contribution in [0.25, 0.3) is 87.7 Å². The predicted octanol–water partition coefficient (Wildman–Crippen LogP) is 12.2. The molecule has 49 heavy (non-hydrogen) atoms. The third-order valence-electron chi connectivity index (χ3n) is 8.94. The molecular weight excluding hydrogens is 615 g/mol. The Hall–Kier alpha value is -6.23. The number of thiophene rings is 1. The average Bonchev–Trinajstić information content (AvgIpc) is 3.57. The lowest BCUT2D eigenvalue weighted by atomic mass is 9.99. The summed E-state index contributed by atoms with van der Waals surface area (Å²) in [7, 11) is 0. The van der Waals surface area contributed by atoms with Crippen molar-refractivity contribution in [3.05, 3.63) is 176 Å². The minimum Gasteiger partial charge on any atom is -0.208 e. The molecule has 0 spiro atoms. The average molecular weight is 644 g/mol. The molecule has 7 aromatic carbocycles. The van der Waals surface area contributed by atoms with Crippen LogP contribution in [0.5, 0.6) is 0 Å². The van der Waals surface area contributed by atoms with Crippen molar-refractivity contribution in [3.8, 4) is 67.5 Å². The molecule has 2 aromatic heterocycles. The van der Waals surface area contributed by atoms with E-state index in [1.807, 2.05) is 12.1 Å². The highest BCUT2D eigenvalue weighted by Crippen LogP contribution is 2.42. The fourth-order valence-electron chi connectivity index (χ4n) is 6.46. The predicted molar refractivity (Wildman–Crippen MR) is 205 cm³/mol. The molecule has 0 fully saturated rings. The van der Waals surface area contributed by atoms with Gasteiger partial charge in [0.25, 0.3) is 0 Å². The molecule has 9 aromatic rings. The minimum atomic E-state index is 0.643. The highest BCUT2D eigenvalue weighted by atomic mass is 32.1. The largest absolute Gasteiger partial charge is 0.208 e. The number of aromatic nitrogens is 3. The van der Waals surface area contributed by atoms with E-state index in [2.05, 4.69) is 164 Å². The van der Waals surface area contributed by atoms with Gasteiger partial charge in [0.15, 0.2) is 17.5 Å². The maximum Gasteiger partial charge on any atom is 0.165 e. The maximum atomic E-state index is 5.24. The molecule has 2 heterocycles. The smallest absolute Gasteiger partial charge is 0.165 e. The second kappa shape index (κ2) is 12.4. The van der Waals surface area contributed by atoms with Gasteiger partial charge in [-0.2, -0.15) is 0 Å². The Morgan fingerprint density at radius 3 is 1.49 bits per heavy atom. The van der Waals surface area contributed by atoms with Crippen molar-refractivity contribution in [2.45, 2.75) is 0 Å². The number of benzene rings is 7. The van der Waals surface area contributed by atoms with E-state index in [9.17, 15) is 0 Å². The van der Waals surface area contributed by atoms with Crippen LogP contribution in [-0.2, 0) is 0 Å². The van der Waals surface area contributed by atoms with Gasteiger partial charge < -0.3 is 0 Å². The summed E-state index contributed by atoms with van der Waals surface area (Å²) in [6.45, 7) is 0. The first-order valence-corrected chi connectivity index (χ1v) is 17.2. The van der Waals surface area contributed by atoms with Crippen molar-refractivity contribution >= 4 is 31.5 Å². The van der Waals surface area contributed by atoms with Crippen LogP contribution in [0.1, 0.15) is 0 Å². The first-order valence-electron chi connectivity index (χ1n) is 16.4. The third-order valence-corrected chi connectivity index (χ3v) is 10.2. The van der Waals surface area contributed by atoms with Crippen LogP contribution in [-0.4, -0.2) is 15.0 Å². The molecule has 0 amide bonds. The molecule has 0 aliphatic heterocycles. The Bertz CT molecular complexity index is 2580. The lowest BCUT2D eigenvalue weighted by Gasteiger charge is -2.12. The van der Waals surface area contributed by atoms with E-state index < -0.39 is 0 Å². The van der Waals surface area contributed by atoms with Gasteiger partial charge in [0.05, 0.1) is 0 Å². The van der Waals surface area contributed by atoms with Gasteiger partial charge in [-0.05, 0) is 57.6 Å². The molecule has 9 rings (SSSR count). The highest BCUT2D eigenvalue weighted by molar-refractivity contribution is 7.26. The molecule has 0 atom stereocenters. The van der Waals surface area contributed by atoms with Crippen LogP contribution in [0.15, 0.2) is 176 Å². The Morgan fingerprint density at radius 1 is 0.306 bits per heavy atom. The fraction of sp³-hybridized carbons (Fsp3) is 0. The van der Waals surface area contributed by atoms with E-state index in [0.29, 0.717) is 17.5 Å². The molecule has 0 N–H and O–H groups in total. The molecule has 4 heteroatoms. The van der Waals surface area contributed by atoms with Gasteiger partial charge in [0.2, 0.25) is 0 Å². The molecule has 0 bridgehead atoms. The van der Waals surface area contributed by atoms with Gasteiger partial charge >= 0.3 is 0 Å². The van der Waals surface area contributed by atoms with Crippen LogP contribution in [0.2, 0.25) is 0 Å². The zero-order valence-corrected chi connectivity index (χ0v) is 27.3. The second-order valence-corrected chi connectivity index (χ2v) is 13.1. The van der Waals surface area contributed by atoms with E-state index in [1.165, 1.54) is 25.7 Å². The number of hydrogen-bond acceptors (Lipinski definition) is 4. The number of rotatable bonds is 6. The van der Waals surface area contributed by atoms with Crippen molar-refractivity contribution in [3.63, 3.8) is 0 Å². The molecule has 0 aliphatic rings. The Morgan fingerprint density at radius 2 is 0.796 bits per heavy atom. The van der Waals surface area contributed by atoms with Crippen molar-refractivity contribution < 1.29 is 0 Å². The van der Waals surface area contributed by atoms with Crippen LogP contribution in [0.3, 0.4) is 0 Å². The van der Waals surface area contributed by atoms with Crippen molar-refractivity contribution in [2.75, 3.05) is 0 Å². The maximum absolute atomic E-state index is 5.24. The Balaban J connectivity index is 1.27. The van der Waals surface area contributed by atoms with Gasteiger partial charge in [-0.15, -0.1) is 11.3 Å². The van der Waals surface area contributed by atoms with E-state index in [4.69, 9.17) is 15.0 Å². The summed E-state index contributed by atoms with van der Waals surface area (Å²) in [6.07, 6.45) is 0. The van der Waals surface area contributed by atoms with Gasteiger partial charge in [0, 0.05) is 36.9 Å². The quantitative estimate of drug-likeness (QED) is 0.181. The Labute approximate surface area is 288 Å². The van der Waals surface area contributed by atoms with E-state index in [0.717, 1.165) is 44.5 Å². The summed E-state index contributed by atoms with van der Waals surface area (Å²) < 4.78 is 2.41. The summed E-state index contributed by atoms with van der Waals surface area (Å²) in [4.78, 5) is 15.6. The number of hydrogen-bond donors (Lipinski definition) is 0. The normalized spacial score (nSPS) is 11.3. The van der Waals surface area contributed by atoms with E-state index in [1.54, 1.807) is 11.3 Å². The van der Waals surface area contributed by atoms with Gasteiger partial charge in [-0.1, -0.05) is 152 Å². The summed E-state index contributed by atoms with van der Waals surface area (Å²) in [6, 6.07) is 61.6. The lowest BCUT2D eigenvalue weighted by molar-refractivity contribution is 1.08. The van der Waals surface area contributed by atoms with Gasteiger partial charge in [0.1, 0.15) is 0 Å². The summed E-state index contributed by atoms with van der Waals surface area (Å²) in [5.74, 6) is 1.94. The highest BCUT2D eigenvalue weighted by Gasteiger charge is 2.19. The number of nitrogens with zero attached hydrogens (tertiary/aromatic N) is 3.